The standard InChI is InChI=1S/C10H18N2O4/c1-16-7-6-11-9(15)12-10(8(13)14)4-2-3-5-10/h2-7H2,1H3,(H,13,14)(H2,11,12,15). The number of hydrogen-bond acceptors (Lipinski definition) is 3. The Morgan fingerprint density at radius 1 is 1.38 bits per heavy atom. The third-order valence-electron chi connectivity index (χ3n) is 2.81. The van der Waals surface area contributed by atoms with Crippen LogP contribution in [0.3, 0.4) is 0 Å². The van der Waals surface area contributed by atoms with Gasteiger partial charge in [-0.25, -0.2) is 9.59 Å². The molecule has 1 fully saturated rings. The Morgan fingerprint density at radius 2 is 2.00 bits per heavy atom. The topological polar surface area (TPSA) is 87.7 Å². The number of aliphatic carboxylic acids is 1. The first-order chi connectivity index (χ1) is 7.60. The van der Waals surface area contributed by atoms with Gasteiger partial charge in [0.1, 0.15) is 5.54 Å². The van der Waals surface area contributed by atoms with E-state index in [0.29, 0.717) is 26.0 Å². The fraction of sp³-hybridized carbons (Fsp3) is 0.800. The van der Waals surface area contributed by atoms with Crippen LogP contribution in [0.2, 0.25) is 0 Å². The Labute approximate surface area is 94.3 Å². The second-order valence-corrected chi connectivity index (χ2v) is 3.97. The number of carbonyl (C=O) groups excluding carboxylic acids is 1. The fourth-order valence-electron chi connectivity index (χ4n) is 1.90. The molecule has 1 aliphatic rings. The maximum absolute atomic E-state index is 11.4. The van der Waals surface area contributed by atoms with Gasteiger partial charge < -0.3 is 20.5 Å². The van der Waals surface area contributed by atoms with Crippen molar-refractivity contribution in [2.45, 2.75) is 31.2 Å². The first-order valence-electron chi connectivity index (χ1n) is 5.39. The second kappa shape index (κ2) is 5.69. The summed E-state index contributed by atoms with van der Waals surface area (Å²) in [5, 5.41) is 14.2. The number of rotatable bonds is 5. The highest BCUT2D eigenvalue weighted by Gasteiger charge is 2.42. The molecule has 1 rings (SSSR count). The van der Waals surface area contributed by atoms with Crippen molar-refractivity contribution in [2.24, 2.45) is 0 Å². The van der Waals surface area contributed by atoms with Gasteiger partial charge in [0, 0.05) is 13.7 Å². The number of carboxylic acid groups (broad SMARTS) is 1. The van der Waals surface area contributed by atoms with Gasteiger partial charge in [0.15, 0.2) is 0 Å². The number of carbonyl (C=O) groups is 2. The Morgan fingerprint density at radius 3 is 2.50 bits per heavy atom. The first kappa shape index (κ1) is 12.8. The Hall–Kier alpha value is -1.30. The van der Waals surface area contributed by atoms with Gasteiger partial charge in [-0.05, 0) is 12.8 Å². The lowest BCUT2D eigenvalue weighted by molar-refractivity contribution is -0.144. The zero-order chi connectivity index (χ0) is 12.0. The molecule has 1 saturated carbocycles. The van der Waals surface area contributed by atoms with Gasteiger partial charge in [0.05, 0.1) is 6.61 Å². The molecular weight excluding hydrogens is 212 g/mol. The number of hydrogen-bond donors (Lipinski definition) is 3. The van der Waals surface area contributed by atoms with Crippen molar-refractivity contribution in [1.29, 1.82) is 0 Å². The molecule has 6 nitrogen and oxygen atoms in total. The average Bonchev–Trinajstić information content (AvgIpc) is 2.68. The molecule has 0 aliphatic heterocycles. The lowest BCUT2D eigenvalue weighted by Crippen LogP contribution is -2.55. The molecule has 6 heteroatoms. The molecule has 0 unspecified atom stereocenters. The summed E-state index contributed by atoms with van der Waals surface area (Å²) in [5.74, 6) is -0.952. The number of carboxylic acids is 1. The molecule has 2 amide bonds. The quantitative estimate of drug-likeness (QED) is 0.594. The summed E-state index contributed by atoms with van der Waals surface area (Å²) in [6.07, 6.45) is 2.68. The molecule has 0 atom stereocenters. The summed E-state index contributed by atoms with van der Waals surface area (Å²) in [7, 11) is 1.54. The molecule has 0 radical (unpaired) electrons. The van der Waals surface area contributed by atoms with Crippen LogP contribution in [0.25, 0.3) is 0 Å². The van der Waals surface area contributed by atoms with E-state index >= 15 is 0 Å². The number of urea groups is 1. The zero-order valence-corrected chi connectivity index (χ0v) is 9.41. The van der Waals surface area contributed by atoms with E-state index in [1.165, 1.54) is 7.11 Å². The van der Waals surface area contributed by atoms with Crippen LogP contribution in [0.15, 0.2) is 0 Å². The summed E-state index contributed by atoms with van der Waals surface area (Å²) in [4.78, 5) is 22.6. The highest BCUT2D eigenvalue weighted by Crippen LogP contribution is 2.29. The molecule has 0 aromatic carbocycles. The summed E-state index contributed by atoms with van der Waals surface area (Å²) >= 11 is 0. The van der Waals surface area contributed by atoms with Crippen molar-refractivity contribution >= 4 is 12.0 Å². The minimum Gasteiger partial charge on any atom is -0.480 e. The average molecular weight is 230 g/mol. The Kier molecular flexibility index (Phi) is 4.54. The van der Waals surface area contributed by atoms with Crippen molar-refractivity contribution in [1.82, 2.24) is 10.6 Å². The monoisotopic (exact) mass is 230 g/mol. The predicted molar refractivity (Wildman–Crippen MR) is 57.2 cm³/mol. The third kappa shape index (κ3) is 3.10. The maximum Gasteiger partial charge on any atom is 0.329 e. The normalized spacial score (nSPS) is 18.1. The predicted octanol–water partition coefficient (Wildman–Crippen LogP) is 0.329. The van der Waals surface area contributed by atoms with Gasteiger partial charge >= 0.3 is 12.0 Å². The minimum atomic E-state index is -1.07. The van der Waals surface area contributed by atoms with E-state index in [4.69, 9.17) is 9.84 Å². The van der Waals surface area contributed by atoms with Crippen LogP contribution in [-0.2, 0) is 9.53 Å². The summed E-state index contributed by atoms with van der Waals surface area (Å²) in [5.41, 5.74) is -1.07. The van der Waals surface area contributed by atoms with Gasteiger partial charge in [0.2, 0.25) is 0 Å². The van der Waals surface area contributed by atoms with Crippen LogP contribution in [-0.4, -0.2) is 42.9 Å². The molecule has 0 aromatic rings. The summed E-state index contributed by atoms with van der Waals surface area (Å²) in [6, 6.07) is -0.443. The van der Waals surface area contributed by atoms with E-state index < -0.39 is 17.5 Å². The van der Waals surface area contributed by atoms with Crippen molar-refractivity contribution in [3.63, 3.8) is 0 Å². The van der Waals surface area contributed by atoms with Crippen molar-refractivity contribution in [3.05, 3.63) is 0 Å². The Balaban J connectivity index is 2.43. The van der Waals surface area contributed by atoms with Gasteiger partial charge in [-0.1, -0.05) is 12.8 Å². The number of methoxy groups -OCH3 is 1. The SMILES string of the molecule is COCCNC(=O)NC1(C(=O)O)CCCC1. The van der Waals surface area contributed by atoms with Crippen molar-refractivity contribution in [2.75, 3.05) is 20.3 Å². The molecule has 0 bridgehead atoms. The number of ether oxygens (including phenoxy) is 1. The molecular formula is C10H18N2O4. The van der Waals surface area contributed by atoms with Crippen molar-refractivity contribution in [3.8, 4) is 0 Å². The molecule has 92 valence electrons. The van der Waals surface area contributed by atoms with Gasteiger partial charge in [-0.3, -0.25) is 0 Å². The van der Waals surface area contributed by atoms with Crippen molar-refractivity contribution < 1.29 is 19.4 Å². The van der Waals surface area contributed by atoms with Crippen LogP contribution in [0, 0.1) is 0 Å². The molecule has 0 saturated heterocycles. The molecule has 0 heterocycles. The highest BCUT2D eigenvalue weighted by atomic mass is 16.5. The van der Waals surface area contributed by atoms with Crippen LogP contribution in [0.4, 0.5) is 4.79 Å². The highest BCUT2D eigenvalue weighted by molar-refractivity contribution is 5.86. The number of nitrogens with one attached hydrogen (secondary N) is 2. The zero-order valence-electron chi connectivity index (χ0n) is 9.41. The summed E-state index contributed by atoms with van der Waals surface area (Å²) in [6.45, 7) is 0.783. The minimum absolute atomic E-state index is 0.373. The molecule has 1 aliphatic carbocycles. The van der Waals surface area contributed by atoms with Gasteiger partial charge in [0.25, 0.3) is 0 Å². The van der Waals surface area contributed by atoms with E-state index in [1.807, 2.05) is 0 Å². The third-order valence-corrected chi connectivity index (χ3v) is 2.81. The van der Waals surface area contributed by atoms with Gasteiger partial charge in [-0.15, -0.1) is 0 Å². The van der Waals surface area contributed by atoms with E-state index in [-0.39, 0.29) is 0 Å². The smallest absolute Gasteiger partial charge is 0.329 e. The second-order valence-electron chi connectivity index (χ2n) is 3.97. The lowest BCUT2D eigenvalue weighted by Gasteiger charge is -2.25. The molecule has 3 N–H and O–H groups in total. The van der Waals surface area contributed by atoms with E-state index in [2.05, 4.69) is 10.6 Å². The summed E-state index contributed by atoms with van der Waals surface area (Å²) < 4.78 is 4.78. The number of amides is 2. The van der Waals surface area contributed by atoms with Crippen LogP contribution >= 0.6 is 0 Å². The van der Waals surface area contributed by atoms with Crippen LogP contribution < -0.4 is 10.6 Å². The van der Waals surface area contributed by atoms with Crippen LogP contribution in [0.5, 0.6) is 0 Å². The van der Waals surface area contributed by atoms with E-state index in [0.717, 1.165) is 12.8 Å². The van der Waals surface area contributed by atoms with Gasteiger partial charge in [-0.2, -0.15) is 0 Å². The fourth-order valence-corrected chi connectivity index (χ4v) is 1.90. The molecule has 16 heavy (non-hydrogen) atoms. The first-order valence-corrected chi connectivity index (χ1v) is 5.39. The largest absolute Gasteiger partial charge is 0.480 e. The van der Waals surface area contributed by atoms with Crippen LogP contribution in [0.1, 0.15) is 25.7 Å². The maximum atomic E-state index is 11.4. The molecule has 0 spiro atoms. The van der Waals surface area contributed by atoms with E-state index in [9.17, 15) is 9.59 Å². The lowest BCUT2D eigenvalue weighted by atomic mass is 9.98. The molecule has 0 aromatic heterocycles. The Bertz CT molecular complexity index is 262. The van der Waals surface area contributed by atoms with E-state index in [1.54, 1.807) is 0 Å².